The molecule has 20 heavy (non-hydrogen) atoms. The molecule has 0 aromatic heterocycles. The van der Waals surface area contributed by atoms with Crippen molar-refractivity contribution in [2.24, 2.45) is 0 Å². The second kappa shape index (κ2) is 5.93. The highest BCUT2D eigenvalue weighted by Crippen LogP contribution is 2.16. The number of rotatable bonds is 3. The van der Waals surface area contributed by atoms with Crippen molar-refractivity contribution in [1.82, 2.24) is 10.6 Å². The highest BCUT2D eigenvalue weighted by Gasteiger charge is 2.19. The molecule has 0 atom stereocenters. The molecule has 1 aromatic rings. The van der Waals surface area contributed by atoms with Gasteiger partial charge in [0, 0.05) is 17.9 Å². The van der Waals surface area contributed by atoms with Crippen molar-refractivity contribution in [3.63, 3.8) is 0 Å². The number of aryl methyl sites for hydroxylation is 1. The third-order valence-corrected chi connectivity index (χ3v) is 4.67. The van der Waals surface area contributed by atoms with E-state index in [1.165, 1.54) is 12.1 Å². The largest absolute Gasteiger partial charge is 0.349 e. The Bertz CT molecular complexity index is 605. The molecule has 1 aliphatic heterocycles. The van der Waals surface area contributed by atoms with Crippen LogP contribution in [0.2, 0.25) is 0 Å². The van der Waals surface area contributed by atoms with Gasteiger partial charge in [0.1, 0.15) is 0 Å². The van der Waals surface area contributed by atoms with Crippen molar-refractivity contribution in [3.8, 4) is 0 Å². The predicted octanol–water partition coefficient (Wildman–Crippen LogP) is 0.880. The van der Waals surface area contributed by atoms with Crippen LogP contribution in [0.25, 0.3) is 0 Å². The first-order chi connectivity index (χ1) is 9.38. The van der Waals surface area contributed by atoms with Gasteiger partial charge in [-0.2, -0.15) is 0 Å². The number of piperidine rings is 1. The van der Waals surface area contributed by atoms with E-state index in [9.17, 15) is 13.2 Å². The minimum atomic E-state index is -3.30. The summed E-state index contributed by atoms with van der Waals surface area (Å²) in [6, 6.07) is 4.82. The van der Waals surface area contributed by atoms with Crippen LogP contribution in [0, 0.1) is 6.92 Å². The zero-order chi connectivity index (χ0) is 14.8. The average molecular weight is 296 g/mol. The predicted molar refractivity (Wildman–Crippen MR) is 77.6 cm³/mol. The summed E-state index contributed by atoms with van der Waals surface area (Å²) in [6.07, 6.45) is 2.94. The van der Waals surface area contributed by atoms with E-state index in [2.05, 4.69) is 10.6 Å². The molecule has 1 amide bonds. The zero-order valence-corrected chi connectivity index (χ0v) is 12.6. The molecule has 110 valence electrons. The normalized spacial score (nSPS) is 16.9. The number of sulfone groups is 1. The van der Waals surface area contributed by atoms with Crippen LogP contribution in [0.15, 0.2) is 23.1 Å². The van der Waals surface area contributed by atoms with Gasteiger partial charge in [0.05, 0.1) is 4.90 Å². The van der Waals surface area contributed by atoms with Gasteiger partial charge in [0.2, 0.25) is 0 Å². The van der Waals surface area contributed by atoms with Crippen LogP contribution in [0.5, 0.6) is 0 Å². The monoisotopic (exact) mass is 296 g/mol. The molecule has 1 saturated heterocycles. The molecule has 1 aromatic carbocycles. The summed E-state index contributed by atoms with van der Waals surface area (Å²) in [4.78, 5) is 12.5. The Morgan fingerprint density at radius 1 is 1.30 bits per heavy atom. The molecule has 0 saturated carbocycles. The van der Waals surface area contributed by atoms with E-state index in [1.54, 1.807) is 6.07 Å². The smallest absolute Gasteiger partial charge is 0.251 e. The van der Waals surface area contributed by atoms with Crippen molar-refractivity contribution < 1.29 is 13.2 Å². The number of nitrogens with one attached hydrogen (secondary N) is 2. The third kappa shape index (κ3) is 3.58. The number of benzene rings is 1. The lowest BCUT2D eigenvalue weighted by Crippen LogP contribution is -2.42. The van der Waals surface area contributed by atoms with Crippen molar-refractivity contribution in [2.75, 3.05) is 19.3 Å². The van der Waals surface area contributed by atoms with E-state index >= 15 is 0 Å². The maximum atomic E-state index is 12.3. The fraction of sp³-hybridized carbons (Fsp3) is 0.500. The van der Waals surface area contributed by atoms with Gasteiger partial charge in [-0.15, -0.1) is 0 Å². The van der Waals surface area contributed by atoms with Crippen molar-refractivity contribution in [3.05, 3.63) is 29.3 Å². The third-order valence-electron chi connectivity index (χ3n) is 3.56. The highest BCUT2D eigenvalue weighted by atomic mass is 32.2. The van der Waals surface area contributed by atoms with Crippen molar-refractivity contribution in [1.29, 1.82) is 0 Å². The van der Waals surface area contributed by atoms with Crippen LogP contribution >= 0.6 is 0 Å². The molecule has 2 N–H and O–H groups in total. The molecule has 0 bridgehead atoms. The number of amides is 1. The van der Waals surface area contributed by atoms with E-state index in [-0.39, 0.29) is 16.8 Å². The van der Waals surface area contributed by atoms with Gasteiger partial charge in [0.25, 0.3) is 5.91 Å². The molecular formula is C14H20N2O3S. The summed E-state index contributed by atoms with van der Waals surface area (Å²) in [5, 5.41) is 6.22. The number of carbonyl (C=O) groups is 1. The van der Waals surface area contributed by atoms with Crippen molar-refractivity contribution >= 4 is 15.7 Å². The molecule has 0 aliphatic carbocycles. The van der Waals surface area contributed by atoms with Crippen LogP contribution in [-0.4, -0.2) is 39.7 Å². The lowest BCUT2D eigenvalue weighted by Gasteiger charge is -2.24. The second-order valence-corrected chi connectivity index (χ2v) is 7.26. The summed E-state index contributed by atoms with van der Waals surface area (Å²) in [5.74, 6) is -0.195. The molecule has 1 heterocycles. The van der Waals surface area contributed by atoms with Crippen molar-refractivity contribution in [2.45, 2.75) is 30.7 Å². The lowest BCUT2D eigenvalue weighted by atomic mass is 10.0. The minimum Gasteiger partial charge on any atom is -0.349 e. The fourth-order valence-electron chi connectivity index (χ4n) is 2.31. The first-order valence-corrected chi connectivity index (χ1v) is 8.59. The van der Waals surface area contributed by atoms with E-state index < -0.39 is 9.84 Å². The summed E-state index contributed by atoms with van der Waals surface area (Å²) >= 11 is 0. The number of hydrogen-bond acceptors (Lipinski definition) is 4. The van der Waals surface area contributed by atoms with E-state index in [0.29, 0.717) is 5.56 Å². The van der Waals surface area contributed by atoms with Crippen LogP contribution in [-0.2, 0) is 9.84 Å². The minimum absolute atomic E-state index is 0.157. The van der Waals surface area contributed by atoms with Gasteiger partial charge in [-0.05, 0) is 50.6 Å². The van der Waals surface area contributed by atoms with E-state index in [1.807, 2.05) is 6.92 Å². The number of carbonyl (C=O) groups excluding carboxylic acids is 1. The summed E-state index contributed by atoms with van der Waals surface area (Å²) in [5.41, 5.74) is 1.22. The molecule has 1 aliphatic rings. The Kier molecular flexibility index (Phi) is 4.45. The SMILES string of the molecule is Cc1ccc(S(C)(=O)=O)cc1C(=O)NC1CCNCC1. The van der Waals surface area contributed by atoms with Crippen LogP contribution < -0.4 is 10.6 Å². The van der Waals surface area contributed by atoms with E-state index in [0.717, 1.165) is 37.8 Å². The van der Waals surface area contributed by atoms with Gasteiger partial charge in [-0.3, -0.25) is 4.79 Å². The van der Waals surface area contributed by atoms with Crippen LogP contribution in [0.3, 0.4) is 0 Å². The topological polar surface area (TPSA) is 75.3 Å². The van der Waals surface area contributed by atoms with E-state index in [4.69, 9.17) is 0 Å². The molecule has 0 unspecified atom stereocenters. The molecule has 6 heteroatoms. The molecule has 0 radical (unpaired) electrons. The summed E-state index contributed by atoms with van der Waals surface area (Å²) in [7, 11) is -3.30. The summed E-state index contributed by atoms with van der Waals surface area (Å²) < 4.78 is 23.1. The van der Waals surface area contributed by atoms with Crippen LogP contribution in [0.1, 0.15) is 28.8 Å². The first kappa shape index (κ1) is 15.0. The van der Waals surface area contributed by atoms with Gasteiger partial charge in [-0.25, -0.2) is 8.42 Å². The Morgan fingerprint density at radius 2 is 1.95 bits per heavy atom. The average Bonchev–Trinajstić information content (AvgIpc) is 2.39. The Labute approximate surface area is 119 Å². The summed E-state index contributed by atoms with van der Waals surface area (Å²) in [6.45, 7) is 3.60. The van der Waals surface area contributed by atoms with Gasteiger partial charge in [0.15, 0.2) is 9.84 Å². The zero-order valence-electron chi connectivity index (χ0n) is 11.8. The van der Waals surface area contributed by atoms with Gasteiger partial charge < -0.3 is 10.6 Å². The maximum Gasteiger partial charge on any atom is 0.251 e. The molecular weight excluding hydrogens is 276 g/mol. The van der Waals surface area contributed by atoms with Gasteiger partial charge >= 0.3 is 0 Å². The highest BCUT2D eigenvalue weighted by molar-refractivity contribution is 7.90. The fourth-order valence-corrected chi connectivity index (χ4v) is 2.95. The Morgan fingerprint density at radius 3 is 2.55 bits per heavy atom. The Hall–Kier alpha value is -1.40. The van der Waals surface area contributed by atoms with Crippen LogP contribution in [0.4, 0.5) is 0 Å². The lowest BCUT2D eigenvalue weighted by molar-refractivity contribution is 0.0928. The quantitative estimate of drug-likeness (QED) is 0.868. The molecule has 5 nitrogen and oxygen atoms in total. The molecule has 1 fully saturated rings. The molecule has 0 spiro atoms. The van der Waals surface area contributed by atoms with Gasteiger partial charge in [-0.1, -0.05) is 6.07 Å². The second-order valence-electron chi connectivity index (χ2n) is 5.25. The molecule has 2 rings (SSSR count). The Balaban J connectivity index is 2.20. The standard InChI is InChI=1S/C14H20N2O3S/c1-10-3-4-12(20(2,18)19)9-13(10)14(17)16-11-5-7-15-8-6-11/h3-4,9,11,15H,5-8H2,1-2H3,(H,16,17). The number of hydrogen-bond donors (Lipinski definition) is 2. The first-order valence-electron chi connectivity index (χ1n) is 6.70. The maximum absolute atomic E-state index is 12.3.